The van der Waals surface area contributed by atoms with Crippen molar-refractivity contribution in [1.29, 1.82) is 0 Å². The number of esters is 1. The number of carbonyl (C=O) groups excluding carboxylic acids is 5. The van der Waals surface area contributed by atoms with E-state index in [1.807, 2.05) is 19.1 Å². The average Bonchev–Trinajstić information content (AvgIpc) is 3.55. The molecule has 40 heavy (non-hydrogen) atoms. The minimum Gasteiger partial charge on any atom is -0.457 e. The Morgan fingerprint density at radius 3 is 2.45 bits per heavy atom. The fourth-order valence-corrected chi connectivity index (χ4v) is 5.38. The largest absolute Gasteiger partial charge is 0.457 e. The zero-order chi connectivity index (χ0) is 28.6. The van der Waals surface area contributed by atoms with Gasteiger partial charge in [-0.25, -0.2) is 9.80 Å². The highest BCUT2D eigenvalue weighted by molar-refractivity contribution is 6.36. The Kier molecular flexibility index (Phi) is 7.60. The van der Waals surface area contributed by atoms with Crippen LogP contribution in [0, 0.1) is 17.8 Å². The molecule has 5 rings (SSSR count). The number of allylic oxidation sites excluding steroid dienone is 2. The van der Waals surface area contributed by atoms with Gasteiger partial charge in [0.25, 0.3) is 17.7 Å². The molecule has 3 amide bonds. The van der Waals surface area contributed by atoms with Gasteiger partial charge in [0.15, 0.2) is 5.78 Å². The van der Waals surface area contributed by atoms with Crippen molar-refractivity contribution in [2.24, 2.45) is 17.8 Å². The van der Waals surface area contributed by atoms with Crippen LogP contribution in [0.3, 0.4) is 0 Å². The van der Waals surface area contributed by atoms with Gasteiger partial charge < -0.3 is 9.15 Å². The van der Waals surface area contributed by atoms with Gasteiger partial charge in [-0.1, -0.05) is 42.3 Å². The van der Waals surface area contributed by atoms with Crippen molar-refractivity contribution in [3.8, 4) is 5.75 Å². The molecule has 0 saturated carbocycles. The number of hydrogen-bond acceptors (Lipinski definition) is 7. The minimum absolute atomic E-state index is 0.00391. The number of rotatable bonds is 7. The number of Topliss-reactive ketones (excluding diaryl/α,β-unsaturated/α-hetero) is 1. The van der Waals surface area contributed by atoms with E-state index in [1.54, 1.807) is 6.07 Å². The van der Waals surface area contributed by atoms with Crippen LogP contribution in [0.15, 0.2) is 77.4 Å². The molecule has 2 aromatic carbocycles. The van der Waals surface area contributed by atoms with E-state index < -0.39 is 47.9 Å². The smallest absolute Gasteiger partial charge is 0.379 e. The van der Waals surface area contributed by atoms with Crippen LogP contribution >= 0.6 is 23.2 Å². The maximum Gasteiger partial charge on any atom is 0.379 e. The second-order valence-corrected chi connectivity index (χ2v) is 10.3. The molecule has 0 N–H and O–H groups in total. The zero-order valence-electron chi connectivity index (χ0n) is 21.1. The van der Waals surface area contributed by atoms with Gasteiger partial charge in [0.05, 0.1) is 28.7 Å². The van der Waals surface area contributed by atoms with Crippen LogP contribution in [0.25, 0.3) is 0 Å². The van der Waals surface area contributed by atoms with E-state index in [0.29, 0.717) is 6.42 Å². The molecule has 1 saturated heterocycles. The van der Waals surface area contributed by atoms with Crippen LogP contribution in [0.5, 0.6) is 5.75 Å². The Hall–Kier alpha value is -4.21. The van der Waals surface area contributed by atoms with E-state index in [0.717, 1.165) is 10.0 Å². The number of carbonyl (C=O) groups is 5. The van der Waals surface area contributed by atoms with Gasteiger partial charge >= 0.3 is 5.97 Å². The summed E-state index contributed by atoms with van der Waals surface area (Å²) in [6, 6.07) is 12.8. The summed E-state index contributed by atoms with van der Waals surface area (Å²) in [4.78, 5) is 66.1. The fourth-order valence-electron chi connectivity index (χ4n) is 4.89. The number of halogens is 2. The number of furan rings is 1. The summed E-state index contributed by atoms with van der Waals surface area (Å²) >= 11 is 12.3. The van der Waals surface area contributed by atoms with Gasteiger partial charge in [0.2, 0.25) is 5.76 Å². The number of amides is 3. The molecule has 0 bridgehead atoms. The van der Waals surface area contributed by atoms with E-state index >= 15 is 0 Å². The summed E-state index contributed by atoms with van der Waals surface area (Å²) < 4.78 is 10.2. The van der Waals surface area contributed by atoms with Gasteiger partial charge in [0.1, 0.15) is 12.3 Å². The maximum absolute atomic E-state index is 13.7. The first kappa shape index (κ1) is 27.4. The quantitative estimate of drug-likeness (QED) is 0.123. The number of ketones is 1. The molecule has 3 aromatic rings. The molecule has 1 fully saturated rings. The van der Waals surface area contributed by atoms with E-state index in [1.165, 1.54) is 54.8 Å². The van der Waals surface area contributed by atoms with E-state index in [-0.39, 0.29) is 38.6 Å². The summed E-state index contributed by atoms with van der Waals surface area (Å²) in [5.74, 6) is -4.52. The highest BCUT2D eigenvalue weighted by atomic mass is 35.5. The van der Waals surface area contributed by atoms with Crippen molar-refractivity contribution >= 4 is 52.7 Å². The molecule has 2 aliphatic rings. The molecular formula is C29H22Cl2N2O7. The monoisotopic (exact) mass is 580 g/mol. The first-order valence-electron chi connectivity index (χ1n) is 12.4. The minimum atomic E-state index is -0.806. The lowest BCUT2D eigenvalue weighted by atomic mass is 9.78. The van der Waals surface area contributed by atoms with Gasteiger partial charge in [-0.3, -0.25) is 19.2 Å². The number of nitrogens with zero attached hydrogens (tertiary/aromatic N) is 2. The van der Waals surface area contributed by atoms with Gasteiger partial charge in [-0.15, -0.1) is 0 Å². The van der Waals surface area contributed by atoms with Crippen LogP contribution in [0.1, 0.15) is 44.6 Å². The first-order valence-corrected chi connectivity index (χ1v) is 13.1. The number of imide groups is 1. The number of ether oxygens (including phenoxy) is 1. The number of hydrogen-bond donors (Lipinski definition) is 0. The molecule has 1 aliphatic heterocycles. The lowest BCUT2D eigenvalue weighted by Crippen LogP contribution is -2.52. The van der Waals surface area contributed by atoms with Crippen molar-refractivity contribution in [2.45, 2.75) is 13.3 Å². The second-order valence-electron chi connectivity index (χ2n) is 9.44. The third-order valence-corrected chi connectivity index (χ3v) is 7.44. The SMILES string of the molecule is C[C@@H]1C=CC[C@@H]2C(=O)N(N(CC(=O)c3ccc(OC(=O)c4ccco4)cc3)C(=O)c3ccc(Cl)cc3Cl)C(=O)[C@@H]12. The number of fused-ring (bicyclic) bond motifs is 1. The zero-order valence-corrected chi connectivity index (χ0v) is 22.6. The Morgan fingerprint density at radius 1 is 1.05 bits per heavy atom. The molecule has 0 spiro atoms. The third kappa shape index (κ3) is 5.17. The highest BCUT2D eigenvalue weighted by Crippen LogP contribution is 2.39. The van der Waals surface area contributed by atoms with E-state index in [2.05, 4.69) is 0 Å². The Balaban J connectivity index is 1.42. The lowest BCUT2D eigenvalue weighted by Gasteiger charge is -2.30. The summed E-state index contributed by atoms with van der Waals surface area (Å²) in [6.45, 7) is 1.21. The Bertz CT molecular complexity index is 1530. The van der Waals surface area contributed by atoms with Crippen LogP contribution in [0.2, 0.25) is 10.0 Å². The van der Waals surface area contributed by atoms with Gasteiger partial charge in [0, 0.05) is 10.6 Å². The lowest BCUT2D eigenvalue weighted by molar-refractivity contribution is -0.154. The van der Waals surface area contributed by atoms with Crippen LogP contribution in [-0.4, -0.2) is 46.0 Å². The molecule has 0 unspecified atom stereocenters. The normalized spacial score (nSPS) is 19.9. The fraction of sp³-hybridized carbons (Fsp3) is 0.207. The van der Waals surface area contributed by atoms with Crippen molar-refractivity contribution in [3.63, 3.8) is 0 Å². The van der Waals surface area contributed by atoms with Crippen LogP contribution in [0.4, 0.5) is 0 Å². The topological polar surface area (TPSA) is 114 Å². The Labute approximate surface area is 238 Å². The predicted octanol–water partition coefficient (Wildman–Crippen LogP) is 5.24. The van der Waals surface area contributed by atoms with Gasteiger partial charge in [-0.2, -0.15) is 5.01 Å². The molecule has 3 atom stereocenters. The van der Waals surface area contributed by atoms with Crippen LogP contribution in [-0.2, 0) is 9.59 Å². The summed E-state index contributed by atoms with van der Waals surface area (Å²) in [7, 11) is 0. The number of hydrazine groups is 1. The standard InChI is InChI=1S/C29H22Cl2N2O7/c1-16-4-2-5-21-25(16)28(37)33(27(21)36)32(26(35)20-12-9-18(30)14-22(20)31)15-23(34)17-7-10-19(11-8-17)40-29(38)24-6-3-13-39-24/h2-4,6-14,16,21,25H,5,15H2,1H3/t16-,21+,25+/m1/s1. The summed E-state index contributed by atoms with van der Waals surface area (Å²) in [5, 5.41) is 1.92. The predicted molar refractivity (Wildman–Crippen MR) is 144 cm³/mol. The molecule has 9 nitrogen and oxygen atoms in total. The van der Waals surface area contributed by atoms with Gasteiger partial charge in [-0.05, 0) is 66.9 Å². The van der Waals surface area contributed by atoms with E-state index in [9.17, 15) is 24.0 Å². The summed E-state index contributed by atoms with van der Waals surface area (Å²) in [6.07, 6.45) is 5.40. The maximum atomic E-state index is 13.7. The molecule has 11 heteroatoms. The third-order valence-electron chi connectivity index (χ3n) is 6.89. The van der Waals surface area contributed by atoms with E-state index in [4.69, 9.17) is 32.4 Å². The number of benzene rings is 2. The average molecular weight is 581 g/mol. The molecular weight excluding hydrogens is 559 g/mol. The molecule has 0 radical (unpaired) electrons. The first-order chi connectivity index (χ1) is 19.2. The molecule has 1 aliphatic carbocycles. The molecule has 1 aromatic heterocycles. The highest BCUT2D eigenvalue weighted by Gasteiger charge is 2.53. The second kappa shape index (κ2) is 11.1. The Morgan fingerprint density at radius 2 is 1.80 bits per heavy atom. The van der Waals surface area contributed by atoms with Crippen molar-refractivity contribution in [3.05, 3.63) is 99.9 Å². The van der Waals surface area contributed by atoms with Crippen molar-refractivity contribution in [2.75, 3.05) is 6.54 Å². The van der Waals surface area contributed by atoms with Crippen molar-refractivity contribution in [1.82, 2.24) is 10.0 Å². The molecule has 2 heterocycles. The van der Waals surface area contributed by atoms with Crippen molar-refractivity contribution < 1.29 is 33.1 Å². The molecule has 204 valence electrons. The summed E-state index contributed by atoms with van der Waals surface area (Å²) in [5.41, 5.74) is 0.130. The van der Waals surface area contributed by atoms with Crippen LogP contribution < -0.4 is 4.74 Å².